The van der Waals surface area contributed by atoms with Crippen LogP contribution in [0.1, 0.15) is 24.5 Å². The fourth-order valence-corrected chi connectivity index (χ4v) is 4.82. The molecular weight excluding hydrogens is 412 g/mol. The lowest BCUT2D eigenvalue weighted by Gasteiger charge is -2.32. The maximum absolute atomic E-state index is 13.4. The van der Waals surface area contributed by atoms with Crippen LogP contribution in [-0.4, -0.2) is 30.9 Å². The Morgan fingerprint density at radius 2 is 1.67 bits per heavy atom. The quantitative estimate of drug-likeness (QED) is 0.630. The molecule has 0 fully saturated rings. The number of rotatable bonds is 4. The van der Waals surface area contributed by atoms with Gasteiger partial charge in [0.15, 0.2) is 0 Å². The molecule has 0 unspecified atom stereocenters. The number of hydrogen-bond donors (Lipinski definition) is 2. The van der Waals surface area contributed by atoms with Crippen LogP contribution in [0.25, 0.3) is 0 Å². The summed E-state index contributed by atoms with van der Waals surface area (Å²) in [6, 6.07) is 24.0. The molecule has 2 aliphatic rings. The lowest BCUT2D eigenvalue weighted by molar-refractivity contribution is -0.118. The zero-order chi connectivity index (χ0) is 22.8. The van der Waals surface area contributed by atoms with Gasteiger partial charge < -0.3 is 20.4 Å². The molecule has 2 aliphatic heterocycles. The number of para-hydroxylation sites is 4. The lowest BCUT2D eigenvalue weighted by atomic mass is 9.99. The summed E-state index contributed by atoms with van der Waals surface area (Å²) >= 11 is 0. The van der Waals surface area contributed by atoms with Crippen molar-refractivity contribution in [2.75, 3.05) is 33.5 Å². The fraction of sp³-hybridized carbons (Fsp3) is 0.259. The first kappa shape index (κ1) is 21.1. The van der Waals surface area contributed by atoms with Crippen molar-refractivity contribution in [1.82, 2.24) is 0 Å². The summed E-state index contributed by atoms with van der Waals surface area (Å²) in [7, 11) is 0. The van der Waals surface area contributed by atoms with Crippen molar-refractivity contribution in [1.29, 1.82) is 0 Å². The van der Waals surface area contributed by atoms with Gasteiger partial charge in [0.1, 0.15) is 0 Å². The minimum Gasteiger partial charge on any atom is -0.374 e. The molecule has 168 valence electrons. The molecule has 5 rings (SSSR count). The summed E-state index contributed by atoms with van der Waals surface area (Å²) in [6.45, 7) is 3.86. The Bertz CT molecular complexity index is 1190. The number of anilines is 4. The van der Waals surface area contributed by atoms with E-state index < -0.39 is 0 Å². The Balaban J connectivity index is 1.35. The highest BCUT2D eigenvalue weighted by molar-refractivity contribution is 6.05. The minimum absolute atomic E-state index is 0.0646. The van der Waals surface area contributed by atoms with Crippen LogP contribution < -0.4 is 20.4 Å². The van der Waals surface area contributed by atoms with E-state index >= 15 is 0 Å². The van der Waals surface area contributed by atoms with Crippen molar-refractivity contribution in [2.24, 2.45) is 0 Å². The third-order valence-corrected chi connectivity index (χ3v) is 6.43. The number of carbonyl (C=O) groups excluding carboxylic acids is 2. The van der Waals surface area contributed by atoms with Gasteiger partial charge in [0.25, 0.3) is 0 Å². The van der Waals surface area contributed by atoms with E-state index in [1.807, 2.05) is 49.4 Å². The largest absolute Gasteiger partial charge is 0.374 e. The summed E-state index contributed by atoms with van der Waals surface area (Å²) < 4.78 is 0. The predicted octanol–water partition coefficient (Wildman–Crippen LogP) is 4.43. The Morgan fingerprint density at radius 1 is 0.970 bits per heavy atom. The number of nitrogens with one attached hydrogen (secondary N) is 2. The zero-order valence-electron chi connectivity index (χ0n) is 18.8. The molecule has 33 heavy (non-hydrogen) atoms. The molecule has 0 radical (unpaired) electrons. The van der Waals surface area contributed by atoms with Gasteiger partial charge in [-0.05, 0) is 48.7 Å². The molecule has 2 amide bonds. The van der Waals surface area contributed by atoms with E-state index in [-0.39, 0.29) is 30.8 Å². The minimum atomic E-state index is -0.225. The van der Waals surface area contributed by atoms with E-state index in [0.717, 1.165) is 36.6 Å². The van der Waals surface area contributed by atoms with Crippen LogP contribution in [-0.2, 0) is 22.6 Å². The number of hydrogen-bond acceptors (Lipinski definition) is 4. The van der Waals surface area contributed by atoms with Gasteiger partial charge in [-0.25, -0.2) is 0 Å². The first-order valence-corrected chi connectivity index (χ1v) is 11.5. The van der Waals surface area contributed by atoms with Crippen LogP contribution in [0.3, 0.4) is 0 Å². The molecule has 2 heterocycles. The topological polar surface area (TPSA) is 64.7 Å². The SMILES string of the molecule is C[C@@H]1CC(=O)Nc2ccccc2N1C(=O)CNc1ccccc1N1CCc2ccccc2C1. The molecule has 0 saturated heterocycles. The second-order valence-corrected chi connectivity index (χ2v) is 8.69. The maximum Gasteiger partial charge on any atom is 0.246 e. The smallest absolute Gasteiger partial charge is 0.246 e. The van der Waals surface area contributed by atoms with Crippen LogP contribution in [0.5, 0.6) is 0 Å². The van der Waals surface area contributed by atoms with Crippen molar-refractivity contribution < 1.29 is 9.59 Å². The summed E-state index contributed by atoms with van der Waals surface area (Å²) in [5.74, 6) is -0.140. The Labute approximate surface area is 194 Å². The van der Waals surface area contributed by atoms with E-state index in [1.54, 1.807) is 4.90 Å². The van der Waals surface area contributed by atoms with Crippen LogP contribution >= 0.6 is 0 Å². The summed E-state index contributed by atoms with van der Waals surface area (Å²) in [5, 5.41) is 6.29. The van der Waals surface area contributed by atoms with Gasteiger partial charge in [-0.2, -0.15) is 0 Å². The molecule has 0 aliphatic carbocycles. The highest BCUT2D eigenvalue weighted by atomic mass is 16.2. The van der Waals surface area contributed by atoms with E-state index in [2.05, 4.69) is 45.9 Å². The molecule has 1 atom stereocenters. The monoisotopic (exact) mass is 440 g/mol. The number of carbonyl (C=O) groups is 2. The van der Waals surface area contributed by atoms with Crippen molar-refractivity contribution in [3.8, 4) is 0 Å². The Hall–Kier alpha value is -3.80. The second kappa shape index (κ2) is 8.98. The highest BCUT2D eigenvalue weighted by Gasteiger charge is 2.29. The molecule has 0 spiro atoms. The molecule has 0 aromatic heterocycles. The molecule has 3 aromatic carbocycles. The van der Waals surface area contributed by atoms with Crippen LogP contribution in [0, 0.1) is 0 Å². The summed E-state index contributed by atoms with van der Waals surface area (Å²) in [6.07, 6.45) is 1.27. The third kappa shape index (κ3) is 4.29. The first-order chi connectivity index (χ1) is 16.1. The second-order valence-electron chi connectivity index (χ2n) is 8.69. The molecule has 3 aromatic rings. The third-order valence-electron chi connectivity index (χ3n) is 6.43. The van der Waals surface area contributed by atoms with Crippen LogP contribution in [0.2, 0.25) is 0 Å². The number of amides is 2. The molecule has 0 saturated carbocycles. The standard InChI is InChI=1S/C27H28N4O2/c1-19-16-26(32)29-23-11-5-7-13-25(23)31(19)27(33)17-28-22-10-4-6-12-24(22)30-15-14-20-8-2-3-9-21(20)18-30/h2-13,19,28H,14-18H2,1H3,(H,29,32)/t19-/m1/s1. The van der Waals surface area contributed by atoms with Crippen LogP contribution in [0.4, 0.5) is 22.7 Å². The van der Waals surface area contributed by atoms with Crippen molar-refractivity contribution in [2.45, 2.75) is 32.4 Å². The van der Waals surface area contributed by atoms with Crippen molar-refractivity contribution >= 4 is 34.6 Å². The first-order valence-electron chi connectivity index (χ1n) is 11.5. The van der Waals surface area contributed by atoms with Crippen molar-refractivity contribution in [3.63, 3.8) is 0 Å². The van der Waals surface area contributed by atoms with E-state index in [0.29, 0.717) is 5.69 Å². The number of benzene rings is 3. The summed E-state index contributed by atoms with van der Waals surface area (Å²) in [5.41, 5.74) is 6.21. The van der Waals surface area contributed by atoms with E-state index in [4.69, 9.17) is 0 Å². The number of fused-ring (bicyclic) bond motifs is 2. The van der Waals surface area contributed by atoms with Gasteiger partial charge in [0.2, 0.25) is 11.8 Å². The lowest BCUT2D eigenvalue weighted by Crippen LogP contribution is -2.42. The van der Waals surface area contributed by atoms with Crippen LogP contribution in [0.15, 0.2) is 72.8 Å². The van der Waals surface area contributed by atoms with Gasteiger partial charge in [-0.15, -0.1) is 0 Å². The highest BCUT2D eigenvalue weighted by Crippen LogP contribution is 2.33. The van der Waals surface area contributed by atoms with Gasteiger partial charge >= 0.3 is 0 Å². The van der Waals surface area contributed by atoms with E-state index in [1.165, 1.54) is 11.1 Å². The van der Waals surface area contributed by atoms with E-state index in [9.17, 15) is 9.59 Å². The van der Waals surface area contributed by atoms with Gasteiger partial charge in [0, 0.05) is 25.6 Å². The Kier molecular flexibility index (Phi) is 5.73. The average molecular weight is 441 g/mol. The van der Waals surface area contributed by atoms with Gasteiger partial charge in [-0.3, -0.25) is 9.59 Å². The average Bonchev–Trinajstić information content (AvgIpc) is 2.96. The number of nitrogens with zero attached hydrogens (tertiary/aromatic N) is 2. The van der Waals surface area contributed by atoms with Gasteiger partial charge in [-0.1, -0.05) is 48.5 Å². The normalized spacial score (nSPS) is 17.5. The van der Waals surface area contributed by atoms with Gasteiger partial charge in [0.05, 0.1) is 29.3 Å². The maximum atomic E-state index is 13.4. The predicted molar refractivity (Wildman–Crippen MR) is 133 cm³/mol. The molecule has 6 nitrogen and oxygen atoms in total. The molecule has 0 bridgehead atoms. The molecule has 2 N–H and O–H groups in total. The molecule has 6 heteroatoms. The fourth-order valence-electron chi connectivity index (χ4n) is 4.82. The Morgan fingerprint density at radius 3 is 2.52 bits per heavy atom. The molecular formula is C27H28N4O2. The van der Waals surface area contributed by atoms with Crippen molar-refractivity contribution in [3.05, 3.63) is 83.9 Å². The zero-order valence-corrected chi connectivity index (χ0v) is 18.8. The summed E-state index contributed by atoms with van der Waals surface area (Å²) in [4.78, 5) is 29.7.